The second-order valence-corrected chi connectivity index (χ2v) is 4.48. The predicted octanol–water partition coefficient (Wildman–Crippen LogP) is 1.80. The number of nitrogens with zero attached hydrogens (tertiary/aromatic N) is 2. The van der Waals surface area contributed by atoms with Crippen molar-refractivity contribution in [2.45, 2.75) is 6.42 Å². The highest BCUT2D eigenvalue weighted by Crippen LogP contribution is 2.33. The zero-order valence-electron chi connectivity index (χ0n) is 13.0. The van der Waals surface area contributed by atoms with Crippen LogP contribution in [0, 0.1) is 0 Å². The van der Waals surface area contributed by atoms with E-state index in [0.29, 0.717) is 23.8 Å². The lowest BCUT2D eigenvalue weighted by atomic mass is 10.3. The number of hydrogen-bond donors (Lipinski definition) is 3. The summed E-state index contributed by atoms with van der Waals surface area (Å²) in [7, 11) is 1.74. The highest BCUT2D eigenvalue weighted by Gasteiger charge is 2.09. The number of hydrazine groups is 2. The van der Waals surface area contributed by atoms with Gasteiger partial charge in [-0.1, -0.05) is 29.8 Å². The quantitative estimate of drug-likeness (QED) is 0.127. The van der Waals surface area contributed by atoms with Crippen LogP contribution in [0.1, 0.15) is 6.42 Å². The molecule has 8 heteroatoms. The average molecular weight is 340 g/mol. The van der Waals surface area contributed by atoms with Gasteiger partial charge in [0, 0.05) is 13.2 Å². The van der Waals surface area contributed by atoms with Gasteiger partial charge < -0.3 is 9.75 Å². The number of nitrogens with two attached hydrogens (primary N) is 2. The van der Waals surface area contributed by atoms with E-state index in [1.54, 1.807) is 24.7 Å². The molecule has 23 heavy (non-hydrogen) atoms. The standard InChI is InChI=1S/C14H18ClN3O.CH4N2O/c1-17-10-5-3-4-6-11-19-14-12(15)8-7-9-13(14)18(2)16;2-3-1-4/h3-5,7-10H,1,6,11,16H2,2H3;1H,2H2,(H,3,4)/b4-3-,10-5-;. The summed E-state index contributed by atoms with van der Waals surface area (Å²) in [5, 5.41) is 2.03. The summed E-state index contributed by atoms with van der Waals surface area (Å²) in [5.74, 6) is 10.7. The minimum absolute atomic E-state index is 0.403. The Kier molecular flexibility index (Phi) is 12.0. The molecule has 0 fully saturated rings. The number of amides is 1. The van der Waals surface area contributed by atoms with Gasteiger partial charge in [-0.25, -0.2) is 11.7 Å². The molecule has 0 atom stereocenters. The summed E-state index contributed by atoms with van der Waals surface area (Å²) < 4.78 is 5.67. The minimum Gasteiger partial charge on any atom is -0.489 e. The molecule has 0 saturated heterocycles. The Morgan fingerprint density at radius 1 is 1.48 bits per heavy atom. The molecule has 0 radical (unpaired) electrons. The Hall–Kier alpha value is -2.35. The van der Waals surface area contributed by atoms with Crippen molar-refractivity contribution in [2.75, 3.05) is 18.7 Å². The van der Waals surface area contributed by atoms with Crippen molar-refractivity contribution in [2.24, 2.45) is 16.7 Å². The van der Waals surface area contributed by atoms with Crippen molar-refractivity contribution in [3.63, 3.8) is 0 Å². The largest absolute Gasteiger partial charge is 0.489 e. The summed E-state index contributed by atoms with van der Waals surface area (Å²) in [6.07, 6.45) is 8.46. The minimum atomic E-state index is 0.403. The smallest absolute Gasteiger partial charge is 0.221 e. The number of para-hydroxylation sites is 1. The fraction of sp³-hybridized carbons (Fsp3) is 0.200. The van der Waals surface area contributed by atoms with Gasteiger partial charge in [-0.2, -0.15) is 0 Å². The Balaban J connectivity index is 0.00000108. The van der Waals surface area contributed by atoms with Gasteiger partial charge in [0.05, 0.1) is 17.3 Å². The highest BCUT2D eigenvalue weighted by atomic mass is 35.5. The average Bonchev–Trinajstić information content (AvgIpc) is 2.55. The molecule has 0 spiro atoms. The number of hydrogen-bond acceptors (Lipinski definition) is 6. The van der Waals surface area contributed by atoms with Gasteiger partial charge in [0.1, 0.15) is 0 Å². The van der Waals surface area contributed by atoms with E-state index in [1.807, 2.05) is 30.4 Å². The number of allylic oxidation sites excluding steroid dienone is 2. The zero-order valence-corrected chi connectivity index (χ0v) is 13.7. The second kappa shape index (κ2) is 13.3. The van der Waals surface area contributed by atoms with Crippen molar-refractivity contribution >= 4 is 30.4 Å². The van der Waals surface area contributed by atoms with Gasteiger partial charge in [-0.3, -0.25) is 15.2 Å². The molecule has 0 aromatic heterocycles. The van der Waals surface area contributed by atoms with Gasteiger partial charge in [0.2, 0.25) is 6.41 Å². The molecule has 0 saturated carbocycles. The van der Waals surface area contributed by atoms with E-state index >= 15 is 0 Å². The van der Waals surface area contributed by atoms with Crippen LogP contribution in [-0.2, 0) is 4.79 Å². The van der Waals surface area contributed by atoms with Crippen molar-refractivity contribution in [1.29, 1.82) is 0 Å². The maximum absolute atomic E-state index is 8.94. The lowest BCUT2D eigenvalue weighted by Gasteiger charge is -2.18. The molecular formula is C15H22ClN5O2. The maximum atomic E-state index is 8.94. The molecule has 0 aliphatic carbocycles. The molecule has 0 unspecified atom stereocenters. The van der Waals surface area contributed by atoms with Crippen LogP contribution in [0.5, 0.6) is 5.75 Å². The molecule has 0 bridgehead atoms. The summed E-state index contributed by atoms with van der Waals surface area (Å²) in [4.78, 5) is 12.5. The van der Waals surface area contributed by atoms with Gasteiger partial charge in [-0.05, 0) is 31.3 Å². The number of anilines is 1. The van der Waals surface area contributed by atoms with Crippen LogP contribution in [0.3, 0.4) is 0 Å². The van der Waals surface area contributed by atoms with E-state index in [-0.39, 0.29) is 0 Å². The third kappa shape index (κ3) is 9.30. The van der Waals surface area contributed by atoms with Crippen molar-refractivity contribution in [3.8, 4) is 5.75 Å². The summed E-state index contributed by atoms with van der Waals surface area (Å²) in [6, 6.07) is 5.47. The molecule has 1 amide bonds. The third-order valence-electron chi connectivity index (χ3n) is 2.36. The van der Waals surface area contributed by atoms with Crippen molar-refractivity contribution < 1.29 is 9.53 Å². The van der Waals surface area contributed by atoms with E-state index in [1.165, 1.54) is 5.01 Å². The predicted molar refractivity (Wildman–Crippen MR) is 95.4 cm³/mol. The Bertz CT molecular complexity index is 533. The Morgan fingerprint density at radius 3 is 2.74 bits per heavy atom. The van der Waals surface area contributed by atoms with E-state index in [4.69, 9.17) is 27.0 Å². The monoisotopic (exact) mass is 339 g/mol. The molecule has 0 aliphatic rings. The number of nitrogens with one attached hydrogen (secondary N) is 1. The van der Waals surface area contributed by atoms with Gasteiger partial charge in [0.15, 0.2) is 5.75 Å². The Labute approximate surface area is 141 Å². The molecule has 0 aliphatic heterocycles. The number of carbonyl (C=O) groups excluding carboxylic acids is 1. The molecular weight excluding hydrogens is 318 g/mol. The molecule has 1 aromatic carbocycles. The fourth-order valence-electron chi connectivity index (χ4n) is 1.43. The van der Waals surface area contributed by atoms with Crippen LogP contribution in [0.25, 0.3) is 0 Å². The first-order valence-electron chi connectivity index (χ1n) is 6.65. The van der Waals surface area contributed by atoms with Crippen LogP contribution in [0.2, 0.25) is 5.02 Å². The van der Waals surface area contributed by atoms with Crippen LogP contribution < -0.4 is 26.9 Å². The van der Waals surface area contributed by atoms with E-state index in [9.17, 15) is 0 Å². The SMILES string of the molecule is C=N/C=C\C=C/CCOc1c(Cl)cccc1N(C)N.NNC=O. The van der Waals surface area contributed by atoms with Crippen LogP contribution in [-0.4, -0.2) is 26.8 Å². The lowest BCUT2D eigenvalue weighted by Crippen LogP contribution is -2.25. The molecule has 7 nitrogen and oxygen atoms in total. The molecule has 1 rings (SSSR count). The first-order valence-corrected chi connectivity index (χ1v) is 7.03. The van der Waals surface area contributed by atoms with E-state index in [2.05, 4.69) is 17.6 Å². The first kappa shape index (κ1) is 20.6. The molecule has 0 heterocycles. The number of benzene rings is 1. The fourth-order valence-corrected chi connectivity index (χ4v) is 1.66. The molecule has 126 valence electrons. The number of halogens is 1. The van der Waals surface area contributed by atoms with Gasteiger partial charge >= 0.3 is 0 Å². The number of ether oxygens (including phenoxy) is 1. The molecule has 5 N–H and O–H groups in total. The number of aliphatic imine (C=N–C) groups is 1. The highest BCUT2D eigenvalue weighted by molar-refractivity contribution is 6.32. The van der Waals surface area contributed by atoms with Crippen LogP contribution in [0.15, 0.2) is 47.6 Å². The van der Waals surface area contributed by atoms with Gasteiger partial charge in [0.25, 0.3) is 0 Å². The van der Waals surface area contributed by atoms with Crippen molar-refractivity contribution in [3.05, 3.63) is 47.6 Å². The summed E-state index contributed by atoms with van der Waals surface area (Å²) in [6.45, 7) is 3.87. The van der Waals surface area contributed by atoms with Gasteiger partial charge in [-0.15, -0.1) is 0 Å². The third-order valence-corrected chi connectivity index (χ3v) is 2.66. The number of rotatable bonds is 8. The zero-order chi connectivity index (χ0) is 17.5. The number of carbonyl (C=O) groups is 1. The summed E-state index contributed by atoms with van der Waals surface area (Å²) in [5.41, 5.74) is 2.51. The summed E-state index contributed by atoms with van der Waals surface area (Å²) >= 11 is 6.10. The first-order chi connectivity index (χ1) is 11.1. The Morgan fingerprint density at radius 2 is 2.17 bits per heavy atom. The maximum Gasteiger partial charge on any atom is 0.221 e. The lowest BCUT2D eigenvalue weighted by molar-refractivity contribution is -0.109. The van der Waals surface area contributed by atoms with Crippen molar-refractivity contribution in [1.82, 2.24) is 5.43 Å². The molecule has 1 aromatic rings. The van der Waals surface area contributed by atoms with E-state index in [0.717, 1.165) is 12.1 Å². The van der Waals surface area contributed by atoms with E-state index < -0.39 is 0 Å². The van der Waals surface area contributed by atoms with Crippen LogP contribution in [0.4, 0.5) is 5.69 Å². The normalized spacial score (nSPS) is 10.1. The topological polar surface area (TPSA) is 106 Å². The van der Waals surface area contributed by atoms with Crippen LogP contribution >= 0.6 is 11.6 Å². The second-order valence-electron chi connectivity index (χ2n) is 4.07.